The number of benzene rings is 2. The summed E-state index contributed by atoms with van der Waals surface area (Å²) < 4.78 is 5.39. The summed E-state index contributed by atoms with van der Waals surface area (Å²) in [6, 6.07) is 13.7. The third-order valence-corrected chi connectivity index (χ3v) is 3.66. The molecule has 0 N–H and O–H groups in total. The Morgan fingerprint density at radius 3 is 2.45 bits per heavy atom. The number of rotatable bonds is 4. The molecule has 0 spiro atoms. The second-order valence-electron chi connectivity index (χ2n) is 5.50. The second-order valence-corrected chi connectivity index (χ2v) is 6.00. The molecule has 0 aromatic heterocycles. The molecule has 0 aliphatic rings. The van der Waals surface area contributed by atoms with Crippen molar-refractivity contribution in [2.24, 2.45) is 0 Å². The summed E-state index contributed by atoms with van der Waals surface area (Å²) in [5, 5.41) is 2.38. The highest BCUT2D eigenvalue weighted by Crippen LogP contribution is 2.28. The zero-order valence-electron chi connectivity index (χ0n) is 12.2. The molecule has 20 heavy (non-hydrogen) atoms. The van der Waals surface area contributed by atoms with Gasteiger partial charge in [-0.05, 0) is 48.2 Å². The van der Waals surface area contributed by atoms with Gasteiger partial charge in [0.05, 0.1) is 0 Å². The van der Waals surface area contributed by atoms with E-state index >= 15 is 0 Å². The minimum atomic E-state index is -0.603. The maximum Gasteiger partial charge on any atom is 0.303 e. The number of fused-ring (bicyclic) bond motifs is 1. The van der Waals surface area contributed by atoms with Crippen molar-refractivity contribution in [3.05, 3.63) is 47.5 Å². The Morgan fingerprint density at radius 2 is 1.80 bits per heavy atom. The van der Waals surface area contributed by atoms with Gasteiger partial charge < -0.3 is 4.74 Å². The Balaban J connectivity index is 2.39. The van der Waals surface area contributed by atoms with Crippen molar-refractivity contribution in [3.63, 3.8) is 0 Å². The van der Waals surface area contributed by atoms with Gasteiger partial charge in [0.2, 0.25) is 0 Å². The second kappa shape index (κ2) is 5.79. The number of esters is 1. The molecule has 2 rings (SSSR count). The highest BCUT2D eigenvalue weighted by atomic mass is 28.1. The molecule has 3 heteroatoms. The van der Waals surface area contributed by atoms with Gasteiger partial charge in [0.25, 0.3) is 0 Å². The summed E-state index contributed by atoms with van der Waals surface area (Å²) in [6.45, 7) is 5.26. The van der Waals surface area contributed by atoms with Gasteiger partial charge in [-0.2, -0.15) is 0 Å². The predicted octanol–water partition coefficient (Wildman–Crippen LogP) is 3.77. The Hall–Kier alpha value is -1.61. The van der Waals surface area contributed by atoms with Crippen LogP contribution >= 0.6 is 0 Å². The largest absolute Gasteiger partial charge is 0.455 e. The minimum absolute atomic E-state index is 0.262. The van der Waals surface area contributed by atoms with Gasteiger partial charge in [-0.25, -0.2) is 0 Å². The molecule has 3 radical (unpaired) electrons. The first-order valence-corrected chi connectivity index (χ1v) is 7.50. The number of hydrogen-bond acceptors (Lipinski definition) is 2. The molecule has 2 aromatic rings. The Labute approximate surface area is 123 Å². The Kier molecular flexibility index (Phi) is 4.28. The van der Waals surface area contributed by atoms with Crippen molar-refractivity contribution in [3.8, 4) is 0 Å². The monoisotopic (exact) mass is 283 g/mol. The van der Waals surface area contributed by atoms with Crippen LogP contribution in [0.3, 0.4) is 0 Å². The summed E-state index contributed by atoms with van der Waals surface area (Å²) in [6.07, 6.45) is 1.02. The fourth-order valence-electron chi connectivity index (χ4n) is 2.39. The standard InChI is InChI=1S/C17H19O2Si/c1-12(18)19-17(2,3)16-7-6-14-10-13(8-9-20)4-5-15(14)11-16/h4-7,10-11H,8-9H2,1-3H3. The third kappa shape index (κ3) is 3.28. The molecular weight excluding hydrogens is 264 g/mol. The van der Waals surface area contributed by atoms with E-state index in [1.807, 2.05) is 19.9 Å². The lowest BCUT2D eigenvalue weighted by molar-refractivity contribution is -0.154. The highest BCUT2D eigenvalue weighted by molar-refractivity contribution is 6.08. The summed E-state index contributed by atoms with van der Waals surface area (Å²) in [4.78, 5) is 11.2. The molecule has 0 aliphatic heterocycles. The quantitative estimate of drug-likeness (QED) is 0.631. The van der Waals surface area contributed by atoms with Crippen molar-refractivity contribution in [2.75, 3.05) is 0 Å². The van der Waals surface area contributed by atoms with E-state index in [2.05, 4.69) is 40.6 Å². The predicted molar refractivity (Wildman–Crippen MR) is 83.0 cm³/mol. The van der Waals surface area contributed by atoms with E-state index in [0.29, 0.717) is 0 Å². The summed E-state index contributed by atoms with van der Waals surface area (Å²) in [5.41, 5.74) is 1.72. The van der Waals surface area contributed by atoms with Crippen molar-refractivity contribution < 1.29 is 9.53 Å². The summed E-state index contributed by atoms with van der Waals surface area (Å²) >= 11 is 0. The van der Waals surface area contributed by atoms with E-state index in [4.69, 9.17) is 4.74 Å². The molecule has 2 aromatic carbocycles. The molecule has 0 fully saturated rings. The van der Waals surface area contributed by atoms with Crippen LogP contribution in [0.5, 0.6) is 0 Å². The Morgan fingerprint density at radius 1 is 1.15 bits per heavy atom. The van der Waals surface area contributed by atoms with Gasteiger partial charge in [0.15, 0.2) is 0 Å². The molecule has 0 saturated carbocycles. The van der Waals surface area contributed by atoms with Crippen LogP contribution in [0.1, 0.15) is 31.9 Å². The fourth-order valence-corrected chi connectivity index (χ4v) is 2.68. The van der Waals surface area contributed by atoms with Crippen LogP contribution < -0.4 is 0 Å². The number of carbonyl (C=O) groups is 1. The first kappa shape index (κ1) is 14.8. The third-order valence-electron chi connectivity index (χ3n) is 3.41. The van der Waals surface area contributed by atoms with Gasteiger partial charge >= 0.3 is 5.97 Å². The van der Waals surface area contributed by atoms with Crippen molar-refractivity contribution >= 4 is 27.0 Å². The van der Waals surface area contributed by atoms with Crippen LogP contribution in [0, 0.1) is 0 Å². The topological polar surface area (TPSA) is 26.3 Å². The van der Waals surface area contributed by atoms with Crippen LogP contribution in [-0.4, -0.2) is 16.2 Å². The molecule has 0 heterocycles. The van der Waals surface area contributed by atoms with E-state index in [0.717, 1.165) is 18.0 Å². The number of hydrogen-bond donors (Lipinski definition) is 0. The molecule has 0 unspecified atom stereocenters. The number of carbonyl (C=O) groups excluding carboxylic acids is 1. The van der Waals surface area contributed by atoms with Gasteiger partial charge in [0, 0.05) is 17.2 Å². The van der Waals surface area contributed by atoms with Gasteiger partial charge in [-0.15, -0.1) is 0 Å². The van der Waals surface area contributed by atoms with E-state index < -0.39 is 5.60 Å². The smallest absolute Gasteiger partial charge is 0.303 e. The number of aryl methyl sites for hydroxylation is 1. The molecule has 103 valence electrons. The maximum atomic E-state index is 11.2. The SMILES string of the molecule is CC(=O)OC(C)(C)c1ccc2cc(CC[Si])ccc2c1. The molecule has 0 saturated heterocycles. The average molecular weight is 283 g/mol. The summed E-state index contributed by atoms with van der Waals surface area (Å²) in [7, 11) is 3.51. The highest BCUT2D eigenvalue weighted by Gasteiger charge is 2.23. The molecule has 2 nitrogen and oxygen atoms in total. The fraction of sp³-hybridized carbons (Fsp3) is 0.353. The van der Waals surface area contributed by atoms with Crippen molar-refractivity contribution in [1.82, 2.24) is 0 Å². The van der Waals surface area contributed by atoms with E-state index in [1.54, 1.807) is 0 Å². The van der Waals surface area contributed by atoms with Crippen molar-refractivity contribution in [1.29, 1.82) is 0 Å². The lowest BCUT2D eigenvalue weighted by Crippen LogP contribution is -2.24. The van der Waals surface area contributed by atoms with E-state index in [9.17, 15) is 4.79 Å². The molecular formula is C17H19O2Si. The van der Waals surface area contributed by atoms with Crippen LogP contribution in [-0.2, 0) is 21.6 Å². The maximum absolute atomic E-state index is 11.2. The van der Waals surface area contributed by atoms with E-state index in [1.165, 1.54) is 23.3 Å². The summed E-state index contributed by atoms with van der Waals surface area (Å²) in [5.74, 6) is -0.262. The normalized spacial score (nSPS) is 11.6. The zero-order valence-corrected chi connectivity index (χ0v) is 13.2. The Bertz CT molecular complexity index is 632. The first-order chi connectivity index (χ1) is 9.42. The first-order valence-electron chi connectivity index (χ1n) is 6.80. The van der Waals surface area contributed by atoms with Crippen molar-refractivity contribution in [2.45, 2.75) is 38.8 Å². The molecule has 0 atom stereocenters. The lowest BCUT2D eigenvalue weighted by atomic mass is 9.94. The van der Waals surface area contributed by atoms with Gasteiger partial charge in [0.1, 0.15) is 5.60 Å². The number of ether oxygens (including phenoxy) is 1. The van der Waals surface area contributed by atoms with Crippen LogP contribution in [0.15, 0.2) is 36.4 Å². The molecule has 0 aliphatic carbocycles. The van der Waals surface area contributed by atoms with Crippen LogP contribution in [0.4, 0.5) is 0 Å². The zero-order chi connectivity index (χ0) is 14.8. The van der Waals surface area contributed by atoms with Gasteiger partial charge in [-0.1, -0.05) is 36.4 Å². The minimum Gasteiger partial charge on any atom is -0.455 e. The molecule has 0 amide bonds. The van der Waals surface area contributed by atoms with Crippen LogP contribution in [0.2, 0.25) is 6.04 Å². The van der Waals surface area contributed by atoms with E-state index in [-0.39, 0.29) is 5.97 Å². The lowest BCUT2D eigenvalue weighted by Gasteiger charge is -2.25. The van der Waals surface area contributed by atoms with Crippen LogP contribution in [0.25, 0.3) is 10.8 Å². The van der Waals surface area contributed by atoms with Gasteiger partial charge in [-0.3, -0.25) is 4.79 Å². The average Bonchev–Trinajstić information content (AvgIpc) is 2.37. The molecule has 0 bridgehead atoms.